The molecule has 0 aliphatic heterocycles. The summed E-state index contributed by atoms with van der Waals surface area (Å²) in [6, 6.07) is 0. The van der Waals surface area contributed by atoms with E-state index in [-0.39, 0.29) is 17.6 Å². The van der Waals surface area contributed by atoms with Crippen LogP contribution in [-0.2, 0) is 12.0 Å². The van der Waals surface area contributed by atoms with Crippen LogP contribution in [0.4, 0.5) is 5.69 Å². The van der Waals surface area contributed by atoms with Crippen LogP contribution in [0.25, 0.3) is 0 Å². The number of rotatable bonds is 3. The molecule has 0 saturated carbocycles. The van der Waals surface area contributed by atoms with Gasteiger partial charge in [0.2, 0.25) is 5.89 Å². The fourth-order valence-electron chi connectivity index (χ4n) is 1.86. The van der Waals surface area contributed by atoms with Crippen LogP contribution in [0.1, 0.15) is 43.9 Å². The normalized spacial score (nSPS) is 11.8. The van der Waals surface area contributed by atoms with Gasteiger partial charge in [-0.15, -0.1) is 0 Å². The van der Waals surface area contributed by atoms with Gasteiger partial charge in [0.25, 0.3) is 0 Å². The molecule has 0 radical (unpaired) electrons. The van der Waals surface area contributed by atoms with Crippen LogP contribution in [0, 0.1) is 24.0 Å². The summed E-state index contributed by atoms with van der Waals surface area (Å²) in [5.74, 6) is 0.985. The zero-order chi connectivity index (χ0) is 15.1. The molecule has 8 heteroatoms. The smallest absolute Gasteiger partial charge is 0.312 e. The molecular weight excluding hydrogens is 262 g/mol. The van der Waals surface area contributed by atoms with Gasteiger partial charge in [-0.25, -0.2) is 0 Å². The number of nitrogens with zero attached hydrogens (tertiary/aromatic N) is 5. The van der Waals surface area contributed by atoms with Crippen LogP contribution in [0.2, 0.25) is 0 Å². The lowest BCUT2D eigenvalue weighted by Crippen LogP contribution is -2.13. The fraction of sp³-hybridized carbons (Fsp3) is 0.583. The Morgan fingerprint density at radius 3 is 2.45 bits per heavy atom. The maximum Gasteiger partial charge on any atom is 0.312 e. The van der Waals surface area contributed by atoms with Crippen LogP contribution in [-0.4, -0.2) is 24.8 Å². The van der Waals surface area contributed by atoms with E-state index in [0.29, 0.717) is 23.1 Å². The molecule has 0 aliphatic carbocycles. The monoisotopic (exact) mass is 279 g/mol. The van der Waals surface area contributed by atoms with Crippen molar-refractivity contribution in [3.05, 3.63) is 33.2 Å². The predicted octanol–water partition coefficient (Wildman–Crippen LogP) is 2.14. The van der Waals surface area contributed by atoms with Crippen molar-refractivity contribution in [3.63, 3.8) is 0 Å². The number of aryl methyl sites for hydroxylation is 1. The van der Waals surface area contributed by atoms with E-state index in [1.54, 1.807) is 13.8 Å². The minimum absolute atomic E-state index is 0.0283. The highest BCUT2D eigenvalue weighted by atomic mass is 16.6. The molecule has 108 valence electrons. The highest BCUT2D eigenvalue weighted by Crippen LogP contribution is 2.23. The third-order valence-corrected chi connectivity index (χ3v) is 2.95. The molecule has 0 unspecified atom stereocenters. The highest BCUT2D eigenvalue weighted by molar-refractivity contribution is 5.39. The minimum atomic E-state index is -0.428. The van der Waals surface area contributed by atoms with Crippen molar-refractivity contribution in [2.75, 3.05) is 0 Å². The molecule has 0 bridgehead atoms. The van der Waals surface area contributed by atoms with E-state index >= 15 is 0 Å². The molecule has 0 atom stereocenters. The summed E-state index contributed by atoms with van der Waals surface area (Å²) in [6.07, 6.45) is 0. The predicted molar refractivity (Wildman–Crippen MR) is 70.5 cm³/mol. The van der Waals surface area contributed by atoms with E-state index in [0.717, 1.165) is 0 Å². The number of hydrogen-bond acceptors (Lipinski definition) is 6. The second-order valence-electron chi connectivity index (χ2n) is 5.70. The van der Waals surface area contributed by atoms with Crippen molar-refractivity contribution >= 4 is 5.69 Å². The molecule has 0 aliphatic rings. The summed E-state index contributed by atoms with van der Waals surface area (Å²) in [7, 11) is 0. The Labute approximate surface area is 115 Å². The highest BCUT2D eigenvalue weighted by Gasteiger charge is 2.24. The molecule has 8 nitrogen and oxygen atoms in total. The van der Waals surface area contributed by atoms with E-state index < -0.39 is 4.92 Å². The van der Waals surface area contributed by atoms with Crippen molar-refractivity contribution in [1.29, 1.82) is 0 Å². The lowest BCUT2D eigenvalue weighted by atomic mass is 9.96. The van der Waals surface area contributed by atoms with Gasteiger partial charge in [-0.1, -0.05) is 25.9 Å². The molecule has 2 rings (SSSR count). The van der Waals surface area contributed by atoms with Crippen molar-refractivity contribution in [1.82, 2.24) is 19.9 Å². The first kappa shape index (κ1) is 14.2. The quantitative estimate of drug-likeness (QED) is 0.630. The molecule has 0 amide bonds. The SMILES string of the molecule is Cc1nn(Cc2nc(C(C)(C)C)no2)c(C)c1[N+](=O)[O-]. The van der Waals surface area contributed by atoms with Gasteiger partial charge in [-0.3, -0.25) is 14.8 Å². The first-order valence-corrected chi connectivity index (χ1v) is 6.21. The molecular formula is C12H17N5O3. The van der Waals surface area contributed by atoms with Crippen LogP contribution in [0.3, 0.4) is 0 Å². The molecule has 0 spiro atoms. The Bertz CT molecular complexity index is 651. The van der Waals surface area contributed by atoms with Crippen LogP contribution in [0.5, 0.6) is 0 Å². The van der Waals surface area contributed by atoms with Gasteiger partial charge in [0.05, 0.1) is 4.92 Å². The van der Waals surface area contributed by atoms with Gasteiger partial charge in [0, 0.05) is 5.41 Å². The van der Waals surface area contributed by atoms with Gasteiger partial charge < -0.3 is 4.52 Å². The van der Waals surface area contributed by atoms with E-state index in [4.69, 9.17) is 4.52 Å². The largest absolute Gasteiger partial charge is 0.337 e. The summed E-state index contributed by atoms with van der Waals surface area (Å²) < 4.78 is 6.68. The van der Waals surface area contributed by atoms with Crippen LogP contribution < -0.4 is 0 Å². The van der Waals surface area contributed by atoms with Gasteiger partial charge in [0.15, 0.2) is 5.82 Å². The summed E-state index contributed by atoms with van der Waals surface area (Å²) in [5.41, 5.74) is 0.676. The van der Waals surface area contributed by atoms with Crippen molar-refractivity contribution in [2.45, 2.75) is 46.6 Å². The first-order chi connectivity index (χ1) is 9.20. The second-order valence-corrected chi connectivity index (χ2v) is 5.70. The number of nitro groups is 1. The molecule has 2 aromatic rings. The molecule has 0 saturated heterocycles. The summed E-state index contributed by atoms with van der Waals surface area (Å²) in [5, 5.41) is 19.0. The Hall–Kier alpha value is -2.25. The molecule has 2 heterocycles. The molecule has 0 fully saturated rings. The minimum Gasteiger partial charge on any atom is -0.337 e. The average Bonchev–Trinajstić information content (AvgIpc) is 2.84. The third kappa shape index (κ3) is 2.54. The van der Waals surface area contributed by atoms with Crippen molar-refractivity contribution < 1.29 is 9.45 Å². The fourth-order valence-corrected chi connectivity index (χ4v) is 1.86. The lowest BCUT2D eigenvalue weighted by molar-refractivity contribution is -0.386. The maximum absolute atomic E-state index is 10.9. The standard InChI is InChI=1S/C12H17N5O3/c1-7-10(17(18)19)8(2)16(14-7)6-9-13-11(15-20-9)12(3,4)5/h6H2,1-5H3. The van der Waals surface area contributed by atoms with E-state index in [1.807, 2.05) is 20.8 Å². The second kappa shape index (κ2) is 4.69. The lowest BCUT2D eigenvalue weighted by Gasteiger charge is -2.10. The summed E-state index contributed by atoms with van der Waals surface area (Å²) >= 11 is 0. The van der Waals surface area contributed by atoms with Crippen molar-refractivity contribution in [2.24, 2.45) is 0 Å². The molecule has 2 aromatic heterocycles. The Morgan fingerprint density at radius 1 is 1.35 bits per heavy atom. The third-order valence-electron chi connectivity index (χ3n) is 2.95. The van der Waals surface area contributed by atoms with Gasteiger partial charge in [-0.2, -0.15) is 10.1 Å². The molecule has 20 heavy (non-hydrogen) atoms. The Kier molecular flexibility index (Phi) is 3.33. The van der Waals surface area contributed by atoms with E-state index in [2.05, 4.69) is 15.2 Å². The topological polar surface area (TPSA) is 99.9 Å². The van der Waals surface area contributed by atoms with Crippen LogP contribution in [0.15, 0.2) is 4.52 Å². The number of aromatic nitrogens is 4. The zero-order valence-corrected chi connectivity index (χ0v) is 12.2. The van der Waals surface area contributed by atoms with Gasteiger partial charge in [-0.05, 0) is 13.8 Å². The zero-order valence-electron chi connectivity index (χ0n) is 12.2. The van der Waals surface area contributed by atoms with E-state index in [9.17, 15) is 10.1 Å². The van der Waals surface area contributed by atoms with Gasteiger partial charge >= 0.3 is 5.69 Å². The molecule has 0 N–H and O–H groups in total. The summed E-state index contributed by atoms with van der Waals surface area (Å²) in [4.78, 5) is 14.8. The summed E-state index contributed by atoms with van der Waals surface area (Å²) in [6.45, 7) is 9.43. The maximum atomic E-state index is 10.9. The Balaban J connectivity index is 2.29. The van der Waals surface area contributed by atoms with E-state index in [1.165, 1.54) is 4.68 Å². The Morgan fingerprint density at radius 2 is 2.00 bits per heavy atom. The molecule has 0 aromatic carbocycles. The number of hydrogen-bond donors (Lipinski definition) is 0. The van der Waals surface area contributed by atoms with Gasteiger partial charge in [0.1, 0.15) is 17.9 Å². The van der Waals surface area contributed by atoms with Crippen LogP contribution >= 0.6 is 0 Å². The average molecular weight is 279 g/mol. The van der Waals surface area contributed by atoms with Crippen molar-refractivity contribution in [3.8, 4) is 0 Å². The first-order valence-electron chi connectivity index (χ1n) is 6.21.